The Morgan fingerprint density at radius 1 is 1.15 bits per heavy atom. The molecule has 34 heavy (non-hydrogen) atoms. The van der Waals surface area contributed by atoms with Gasteiger partial charge in [-0.05, 0) is 0 Å². The van der Waals surface area contributed by atoms with Crippen LogP contribution in [0.5, 0.6) is 0 Å². The maximum atomic E-state index is 12.6. The molecule has 4 nitrogen and oxygen atoms in total. The molecule has 2 aromatic carbocycles. The fourth-order valence-corrected chi connectivity index (χ4v) is 7.86. The Balaban J connectivity index is 1.56. The molecule has 1 aliphatic heterocycles. The second kappa shape index (κ2) is 9.88. The van der Waals surface area contributed by atoms with Crippen LogP contribution in [0.15, 0.2) is 79.5 Å². The molecular weight excluding hydrogens is 553 g/mol. The van der Waals surface area contributed by atoms with Gasteiger partial charge < -0.3 is 0 Å². The molecule has 0 radical (unpaired) electrons. The number of hydrogen-bond acceptors (Lipinski definition) is 3. The molecule has 0 aliphatic carbocycles. The van der Waals surface area contributed by atoms with Gasteiger partial charge in [-0.2, -0.15) is 0 Å². The summed E-state index contributed by atoms with van der Waals surface area (Å²) < 4.78 is 3.51. The topological polar surface area (TPSA) is 38.1 Å². The van der Waals surface area contributed by atoms with Gasteiger partial charge in [0.1, 0.15) is 0 Å². The molecule has 1 aliphatic rings. The van der Waals surface area contributed by atoms with E-state index in [2.05, 4.69) is 79.2 Å². The second-order valence-electron chi connectivity index (χ2n) is 8.49. The molecular formula is C28H27IN3OS-. The van der Waals surface area contributed by atoms with Gasteiger partial charge in [0.25, 0.3) is 0 Å². The van der Waals surface area contributed by atoms with Gasteiger partial charge in [-0.1, -0.05) is 18.2 Å². The predicted molar refractivity (Wildman–Crippen MR) is 134 cm³/mol. The van der Waals surface area contributed by atoms with Crippen LogP contribution in [0.3, 0.4) is 0 Å². The number of rotatable bonds is 6. The van der Waals surface area contributed by atoms with Crippen LogP contribution in [0.2, 0.25) is 0 Å². The molecule has 1 atom stereocenters. The van der Waals surface area contributed by atoms with Crippen LogP contribution in [0.25, 0.3) is 11.1 Å². The maximum absolute atomic E-state index is 12.6. The molecule has 5 rings (SSSR count). The monoisotopic (exact) mass is 580 g/mol. The van der Waals surface area contributed by atoms with E-state index >= 15 is 0 Å². The minimum absolute atomic E-state index is 0.00105. The van der Waals surface area contributed by atoms with Crippen molar-refractivity contribution in [1.82, 2.24) is 14.7 Å². The van der Waals surface area contributed by atoms with Crippen LogP contribution in [0.1, 0.15) is 33.2 Å². The summed E-state index contributed by atoms with van der Waals surface area (Å²) in [5.74, 6) is 0.141. The molecule has 0 spiro atoms. The van der Waals surface area contributed by atoms with Crippen molar-refractivity contribution < 1.29 is 26.0 Å². The van der Waals surface area contributed by atoms with E-state index in [4.69, 9.17) is 5.10 Å². The van der Waals surface area contributed by atoms with Crippen LogP contribution in [-0.2, 0) is 17.9 Å². The third-order valence-corrected chi connectivity index (χ3v) is 10.4. The zero-order valence-corrected chi connectivity index (χ0v) is 22.3. The number of amides is 1. The summed E-state index contributed by atoms with van der Waals surface area (Å²) >= 11 is 1.89. The average molecular weight is 581 g/mol. The Morgan fingerprint density at radius 3 is 2.68 bits per heavy atom. The summed E-state index contributed by atoms with van der Waals surface area (Å²) in [7, 11) is 0. The van der Waals surface area contributed by atoms with Gasteiger partial charge in [-0.15, -0.1) is 0 Å². The molecule has 1 amide bonds. The first-order valence-electron chi connectivity index (χ1n) is 11.3. The molecule has 0 unspecified atom stereocenters. The van der Waals surface area contributed by atoms with Crippen LogP contribution in [0.4, 0.5) is 0 Å². The number of fused-ring (bicyclic) bond motifs is 1. The predicted octanol–water partition coefficient (Wildman–Crippen LogP) is 2.52. The summed E-state index contributed by atoms with van der Waals surface area (Å²) in [6, 6.07) is 21.4. The third-order valence-electron chi connectivity index (χ3n) is 6.36. The zero-order valence-electron chi connectivity index (χ0n) is 19.4. The normalized spacial score (nSPS) is 15.4. The van der Waals surface area contributed by atoms with Crippen molar-refractivity contribution in [1.29, 1.82) is 0 Å². The van der Waals surface area contributed by atoms with Crippen molar-refractivity contribution in [3.63, 3.8) is 0 Å². The van der Waals surface area contributed by atoms with Gasteiger partial charge in [-0.3, -0.25) is 0 Å². The summed E-state index contributed by atoms with van der Waals surface area (Å²) in [6.07, 6.45) is 3.60. The number of aryl methyl sites for hydroxylation is 1. The molecule has 2 aromatic heterocycles. The summed E-state index contributed by atoms with van der Waals surface area (Å²) in [5.41, 5.74) is 7.24. The van der Waals surface area contributed by atoms with Crippen LogP contribution < -0.4 is 21.2 Å². The number of halogens is 1. The van der Waals surface area contributed by atoms with Crippen molar-refractivity contribution in [2.45, 2.75) is 25.9 Å². The number of benzene rings is 2. The van der Waals surface area contributed by atoms with Crippen molar-refractivity contribution in [2.75, 3.05) is 11.5 Å². The molecule has 3 heterocycles. The van der Waals surface area contributed by atoms with E-state index < -0.39 is 0 Å². The van der Waals surface area contributed by atoms with E-state index in [0.29, 0.717) is 13.1 Å². The number of carbonyl (C=O) groups is 1. The fraction of sp³-hybridized carbons (Fsp3) is 0.214. The Labute approximate surface area is 215 Å². The third kappa shape index (κ3) is 4.49. The Kier molecular flexibility index (Phi) is 6.70. The zero-order chi connectivity index (χ0) is 23.7. The van der Waals surface area contributed by atoms with E-state index in [0.717, 1.165) is 17.8 Å². The number of aromatic nitrogens is 2. The second-order valence-corrected chi connectivity index (χ2v) is 12.6. The van der Waals surface area contributed by atoms with Gasteiger partial charge in [0.15, 0.2) is 0 Å². The first-order chi connectivity index (χ1) is 16.6. The molecule has 0 saturated carbocycles. The van der Waals surface area contributed by atoms with E-state index in [9.17, 15) is 4.79 Å². The quantitative estimate of drug-likeness (QED) is 0.200. The first-order valence-corrected chi connectivity index (χ1v) is 15.3. The van der Waals surface area contributed by atoms with E-state index in [1.165, 1.54) is 36.1 Å². The number of nitrogens with zero attached hydrogens (tertiary/aromatic N) is 3. The molecule has 0 bridgehead atoms. The SMILES string of the molecule is C=CC(=O)N1Cc2sc([I-]C)cc2[C@H](c2ccccc2-c2cn(Cc3ccccc3)nc2C)C1. The molecule has 4 aromatic rings. The van der Waals surface area contributed by atoms with E-state index in [1.54, 1.807) is 0 Å². The van der Waals surface area contributed by atoms with Gasteiger partial charge in [0, 0.05) is 0 Å². The molecule has 0 N–H and O–H groups in total. The molecule has 174 valence electrons. The minimum atomic E-state index is 0.00105. The standard InChI is InChI=1S/C28H27IN3OS/c1-4-28(33)31-16-25(23-14-27(29-3)34-26(23)18-31)22-13-9-8-12-21(22)24-17-32(30-19(24)2)15-20-10-6-5-7-11-20/h4-14,17,25H,1,15-16,18H2,2-3H3/q-1/t25-/m0/s1. The van der Waals surface area contributed by atoms with Crippen molar-refractivity contribution in [2.24, 2.45) is 0 Å². The Bertz CT molecular complexity index is 1340. The summed E-state index contributed by atoms with van der Waals surface area (Å²) in [6.45, 7) is 7.91. The molecule has 6 heteroatoms. The molecule has 0 saturated heterocycles. The number of alkyl halides is 1. The number of thiophene rings is 1. The first kappa shape index (κ1) is 23.1. The summed E-state index contributed by atoms with van der Waals surface area (Å²) in [4.78, 5) is 18.2. The van der Waals surface area contributed by atoms with Gasteiger partial charge >= 0.3 is 198 Å². The van der Waals surface area contributed by atoms with Crippen molar-refractivity contribution in [3.05, 3.63) is 110 Å². The number of carbonyl (C=O) groups excluding carboxylic acids is 1. The van der Waals surface area contributed by atoms with Gasteiger partial charge in [-0.25, -0.2) is 0 Å². The Hall–Kier alpha value is -2.71. The van der Waals surface area contributed by atoms with Gasteiger partial charge in [0.05, 0.1) is 0 Å². The van der Waals surface area contributed by atoms with Crippen molar-refractivity contribution in [3.8, 4) is 11.1 Å². The summed E-state index contributed by atoms with van der Waals surface area (Å²) in [5, 5.41) is 4.83. The average Bonchev–Trinajstić information content (AvgIpc) is 3.46. The molecule has 0 fully saturated rings. The van der Waals surface area contributed by atoms with Crippen molar-refractivity contribution >= 4 is 17.2 Å². The number of hydrogen-bond donors (Lipinski definition) is 0. The Morgan fingerprint density at radius 2 is 1.91 bits per heavy atom. The van der Waals surface area contributed by atoms with Crippen LogP contribution >= 0.6 is 11.3 Å². The fourth-order valence-electron chi connectivity index (χ4n) is 4.72. The van der Waals surface area contributed by atoms with E-state index in [1.807, 2.05) is 27.0 Å². The van der Waals surface area contributed by atoms with Gasteiger partial charge in [0.2, 0.25) is 0 Å². The van der Waals surface area contributed by atoms with Crippen LogP contribution in [0, 0.1) is 9.81 Å². The van der Waals surface area contributed by atoms with E-state index in [-0.39, 0.29) is 33.0 Å². The van der Waals surface area contributed by atoms with Crippen LogP contribution in [-0.4, -0.2) is 32.1 Å².